The van der Waals surface area contributed by atoms with Crippen LogP contribution >= 0.6 is 0 Å². The molecule has 1 aliphatic heterocycles. The number of hydrogen-bond acceptors (Lipinski definition) is 5. The average molecular weight is 237 g/mol. The molecule has 5 nitrogen and oxygen atoms in total. The van der Waals surface area contributed by atoms with E-state index in [0.29, 0.717) is 17.5 Å². The molecule has 0 aromatic carbocycles. The van der Waals surface area contributed by atoms with E-state index in [-0.39, 0.29) is 0 Å². The third-order valence-electron chi connectivity index (χ3n) is 3.00. The molecule has 0 atom stereocenters. The van der Waals surface area contributed by atoms with E-state index in [0.717, 1.165) is 38.4 Å². The summed E-state index contributed by atoms with van der Waals surface area (Å²) in [7, 11) is 1.57. The van der Waals surface area contributed by atoms with Gasteiger partial charge in [-0.15, -0.1) is 0 Å². The Hall–Kier alpha value is -1.49. The van der Waals surface area contributed by atoms with E-state index in [1.165, 1.54) is 0 Å². The lowest BCUT2D eigenvalue weighted by Crippen LogP contribution is -2.22. The van der Waals surface area contributed by atoms with Gasteiger partial charge in [0.2, 0.25) is 5.88 Å². The highest BCUT2D eigenvalue weighted by Gasteiger charge is 2.13. The van der Waals surface area contributed by atoms with E-state index in [2.05, 4.69) is 10.3 Å². The van der Waals surface area contributed by atoms with Gasteiger partial charge in [-0.25, -0.2) is 0 Å². The Morgan fingerprint density at radius 2 is 2.24 bits per heavy atom. The van der Waals surface area contributed by atoms with Crippen molar-refractivity contribution < 1.29 is 9.47 Å². The van der Waals surface area contributed by atoms with Crippen LogP contribution in [0.2, 0.25) is 0 Å². The third kappa shape index (κ3) is 3.23. The lowest BCUT2D eigenvalue weighted by atomic mass is 10.0. The van der Waals surface area contributed by atoms with Crippen molar-refractivity contribution in [3.63, 3.8) is 0 Å². The molecule has 1 aliphatic rings. The number of nitrogens with two attached hydrogens (primary N) is 1. The van der Waals surface area contributed by atoms with Crippen LogP contribution in [0.15, 0.2) is 12.1 Å². The SMILES string of the molecule is COc1nc(NCC2CCOCC2)ccc1N. The molecule has 0 radical (unpaired) electrons. The van der Waals surface area contributed by atoms with Gasteiger partial charge in [0, 0.05) is 19.8 Å². The summed E-state index contributed by atoms with van der Waals surface area (Å²) in [5.41, 5.74) is 6.27. The smallest absolute Gasteiger partial charge is 0.238 e. The molecule has 0 amide bonds. The minimum Gasteiger partial charge on any atom is -0.479 e. The second-order valence-electron chi connectivity index (χ2n) is 4.23. The van der Waals surface area contributed by atoms with Gasteiger partial charge in [-0.3, -0.25) is 0 Å². The number of nitrogen functional groups attached to an aromatic ring is 1. The minimum atomic E-state index is 0.474. The van der Waals surface area contributed by atoms with E-state index in [9.17, 15) is 0 Å². The van der Waals surface area contributed by atoms with Crippen molar-refractivity contribution in [2.24, 2.45) is 5.92 Å². The first-order valence-corrected chi connectivity index (χ1v) is 5.91. The predicted molar refractivity (Wildman–Crippen MR) is 67.2 cm³/mol. The molecule has 1 aromatic heterocycles. The molecule has 0 aliphatic carbocycles. The Labute approximate surface area is 101 Å². The number of nitrogens with one attached hydrogen (secondary N) is 1. The summed E-state index contributed by atoms with van der Waals surface area (Å²) in [4.78, 5) is 4.29. The van der Waals surface area contributed by atoms with E-state index in [4.69, 9.17) is 15.2 Å². The van der Waals surface area contributed by atoms with Gasteiger partial charge in [-0.2, -0.15) is 4.98 Å². The molecule has 94 valence electrons. The number of methoxy groups -OCH3 is 1. The summed E-state index contributed by atoms with van der Waals surface area (Å²) in [5, 5.41) is 3.31. The largest absolute Gasteiger partial charge is 0.479 e. The maximum atomic E-state index is 5.71. The highest BCUT2D eigenvalue weighted by molar-refractivity contribution is 5.53. The molecule has 1 aromatic rings. The van der Waals surface area contributed by atoms with Crippen molar-refractivity contribution in [2.75, 3.05) is 37.9 Å². The molecule has 0 bridgehead atoms. The average Bonchev–Trinajstić information content (AvgIpc) is 2.39. The van der Waals surface area contributed by atoms with Crippen molar-refractivity contribution in [3.8, 4) is 5.88 Å². The third-order valence-corrected chi connectivity index (χ3v) is 3.00. The number of rotatable bonds is 4. The van der Waals surface area contributed by atoms with Gasteiger partial charge < -0.3 is 20.5 Å². The van der Waals surface area contributed by atoms with Crippen molar-refractivity contribution in [3.05, 3.63) is 12.1 Å². The van der Waals surface area contributed by atoms with Gasteiger partial charge >= 0.3 is 0 Å². The maximum absolute atomic E-state index is 5.71. The normalized spacial score (nSPS) is 16.8. The van der Waals surface area contributed by atoms with Crippen LogP contribution in [0, 0.1) is 5.92 Å². The van der Waals surface area contributed by atoms with Crippen molar-refractivity contribution in [1.82, 2.24) is 4.98 Å². The molecule has 2 heterocycles. The molecule has 17 heavy (non-hydrogen) atoms. The fourth-order valence-electron chi connectivity index (χ4n) is 1.91. The predicted octanol–water partition coefficient (Wildman–Crippen LogP) is 1.51. The molecule has 1 saturated heterocycles. The molecule has 0 saturated carbocycles. The highest BCUT2D eigenvalue weighted by atomic mass is 16.5. The van der Waals surface area contributed by atoms with Gasteiger partial charge in [-0.1, -0.05) is 0 Å². The summed E-state index contributed by atoms with van der Waals surface area (Å²) in [6.45, 7) is 2.65. The Balaban J connectivity index is 1.89. The molecule has 1 fully saturated rings. The summed E-state index contributed by atoms with van der Waals surface area (Å²) in [6, 6.07) is 3.68. The molecule has 0 unspecified atom stereocenters. The van der Waals surface area contributed by atoms with Crippen LogP contribution in [-0.2, 0) is 4.74 Å². The van der Waals surface area contributed by atoms with Crippen LogP contribution in [0.25, 0.3) is 0 Å². The molecule has 5 heteroatoms. The number of hydrogen-bond donors (Lipinski definition) is 2. The first kappa shape index (κ1) is 12.0. The van der Waals surface area contributed by atoms with Crippen LogP contribution in [-0.4, -0.2) is 31.9 Å². The summed E-state index contributed by atoms with van der Waals surface area (Å²) in [5.74, 6) is 1.94. The fraction of sp³-hybridized carbons (Fsp3) is 0.583. The Kier molecular flexibility index (Phi) is 4.03. The molecule has 3 N–H and O–H groups in total. The van der Waals surface area contributed by atoms with Crippen LogP contribution < -0.4 is 15.8 Å². The lowest BCUT2D eigenvalue weighted by Gasteiger charge is -2.22. The molecule has 2 rings (SSSR count). The van der Waals surface area contributed by atoms with Gasteiger partial charge in [0.25, 0.3) is 0 Å². The summed E-state index contributed by atoms with van der Waals surface area (Å²) in [6.07, 6.45) is 2.22. The molecular weight excluding hydrogens is 218 g/mol. The number of ether oxygens (including phenoxy) is 2. The standard InChI is InChI=1S/C12H19N3O2/c1-16-12-10(13)2-3-11(15-12)14-8-9-4-6-17-7-5-9/h2-3,9H,4-8,13H2,1H3,(H,14,15). The van der Waals surface area contributed by atoms with Gasteiger partial charge in [-0.05, 0) is 30.9 Å². The zero-order valence-electron chi connectivity index (χ0n) is 10.1. The topological polar surface area (TPSA) is 69.4 Å². The Morgan fingerprint density at radius 1 is 1.47 bits per heavy atom. The van der Waals surface area contributed by atoms with Crippen molar-refractivity contribution >= 4 is 11.5 Å². The van der Waals surface area contributed by atoms with Crippen LogP contribution in [0.5, 0.6) is 5.88 Å². The van der Waals surface area contributed by atoms with Crippen molar-refractivity contribution in [1.29, 1.82) is 0 Å². The number of anilines is 2. The first-order valence-electron chi connectivity index (χ1n) is 5.91. The zero-order chi connectivity index (χ0) is 12.1. The van der Waals surface area contributed by atoms with E-state index in [1.54, 1.807) is 13.2 Å². The Morgan fingerprint density at radius 3 is 2.94 bits per heavy atom. The van der Waals surface area contributed by atoms with Crippen LogP contribution in [0.3, 0.4) is 0 Å². The van der Waals surface area contributed by atoms with Crippen LogP contribution in [0.1, 0.15) is 12.8 Å². The lowest BCUT2D eigenvalue weighted by molar-refractivity contribution is 0.0699. The number of aromatic nitrogens is 1. The van der Waals surface area contributed by atoms with Gasteiger partial charge in [0.05, 0.1) is 12.8 Å². The second kappa shape index (κ2) is 5.72. The minimum absolute atomic E-state index is 0.474. The van der Waals surface area contributed by atoms with E-state index >= 15 is 0 Å². The van der Waals surface area contributed by atoms with Gasteiger partial charge in [0.1, 0.15) is 5.82 Å². The maximum Gasteiger partial charge on any atom is 0.238 e. The highest BCUT2D eigenvalue weighted by Crippen LogP contribution is 2.21. The summed E-state index contributed by atoms with van der Waals surface area (Å²) < 4.78 is 10.4. The molecular formula is C12H19N3O2. The second-order valence-corrected chi connectivity index (χ2v) is 4.23. The fourth-order valence-corrected chi connectivity index (χ4v) is 1.91. The number of nitrogens with zero attached hydrogens (tertiary/aromatic N) is 1. The van der Waals surface area contributed by atoms with Crippen LogP contribution in [0.4, 0.5) is 11.5 Å². The van der Waals surface area contributed by atoms with E-state index < -0.39 is 0 Å². The number of pyridine rings is 1. The molecule has 0 spiro atoms. The van der Waals surface area contributed by atoms with Gasteiger partial charge in [0.15, 0.2) is 0 Å². The quantitative estimate of drug-likeness (QED) is 0.830. The first-order chi connectivity index (χ1) is 8.29. The summed E-state index contributed by atoms with van der Waals surface area (Å²) >= 11 is 0. The van der Waals surface area contributed by atoms with Crippen molar-refractivity contribution in [2.45, 2.75) is 12.8 Å². The Bertz CT molecular complexity index is 365. The zero-order valence-corrected chi connectivity index (χ0v) is 10.1. The monoisotopic (exact) mass is 237 g/mol. The van der Waals surface area contributed by atoms with E-state index in [1.807, 2.05) is 6.07 Å².